The van der Waals surface area contributed by atoms with E-state index in [9.17, 15) is 0 Å². The first kappa shape index (κ1) is 12.1. The van der Waals surface area contributed by atoms with Crippen LogP contribution in [0.25, 0.3) is 0 Å². The molecule has 0 aromatic heterocycles. The largest absolute Gasteiger partial charge is 0.0654 e. The van der Waals surface area contributed by atoms with Crippen molar-refractivity contribution in [1.29, 1.82) is 0 Å². The van der Waals surface area contributed by atoms with Crippen molar-refractivity contribution < 1.29 is 0 Å². The topological polar surface area (TPSA) is 0 Å². The molecule has 14 heavy (non-hydrogen) atoms. The molecular formula is C14H28. The van der Waals surface area contributed by atoms with Crippen LogP contribution in [0.4, 0.5) is 0 Å². The van der Waals surface area contributed by atoms with E-state index in [1.807, 2.05) is 0 Å². The average Bonchev–Trinajstić information content (AvgIpc) is 2.88. The zero-order chi connectivity index (χ0) is 10.6. The van der Waals surface area contributed by atoms with Crippen LogP contribution in [0.3, 0.4) is 0 Å². The maximum Gasteiger partial charge on any atom is -0.0357 e. The molecule has 0 N–H and O–H groups in total. The molecule has 1 aliphatic carbocycles. The Balaban J connectivity index is 2.05. The van der Waals surface area contributed by atoms with Crippen molar-refractivity contribution >= 4 is 0 Å². The van der Waals surface area contributed by atoms with Crippen molar-refractivity contribution in [2.75, 3.05) is 0 Å². The van der Waals surface area contributed by atoms with E-state index in [1.165, 1.54) is 38.5 Å². The summed E-state index contributed by atoms with van der Waals surface area (Å²) in [7, 11) is 0. The van der Waals surface area contributed by atoms with Crippen LogP contribution in [0.2, 0.25) is 0 Å². The Hall–Kier alpha value is 0. The van der Waals surface area contributed by atoms with Gasteiger partial charge in [0.15, 0.2) is 0 Å². The van der Waals surface area contributed by atoms with Crippen molar-refractivity contribution in [3.05, 3.63) is 0 Å². The van der Waals surface area contributed by atoms with E-state index in [0.717, 1.165) is 23.7 Å². The van der Waals surface area contributed by atoms with Gasteiger partial charge in [0, 0.05) is 0 Å². The standard InChI is InChI=1S/C14H28/c1-5-6-7-8-9-11(2)13(4)14-10-12(14)3/h11-14H,5-10H2,1-4H3. The van der Waals surface area contributed by atoms with Crippen LogP contribution in [0.15, 0.2) is 0 Å². The predicted molar refractivity (Wildman–Crippen MR) is 64.4 cm³/mol. The fraction of sp³-hybridized carbons (Fsp3) is 1.00. The molecule has 0 bridgehead atoms. The third-order valence-electron chi connectivity index (χ3n) is 4.26. The Morgan fingerprint density at radius 3 is 2.29 bits per heavy atom. The van der Waals surface area contributed by atoms with Crippen molar-refractivity contribution in [1.82, 2.24) is 0 Å². The van der Waals surface area contributed by atoms with Gasteiger partial charge in [0.05, 0.1) is 0 Å². The van der Waals surface area contributed by atoms with Crippen LogP contribution in [0.1, 0.15) is 66.2 Å². The monoisotopic (exact) mass is 196 g/mol. The summed E-state index contributed by atoms with van der Waals surface area (Å²) in [5.74, 6) is 4.03. The van der Waals surface area contributed by atoms with Crippen molar-refractivity contribution in [3.8, 4) is 0 Å². The third kappa shape index (κ3) is 3.63. The van der Waals surface area contributed by atoms with Crippen LogP contribution < -0.4 is 0 Å². The predicted octanol–water partition coefficient (Wildman–Crippen LogP) is 4.89. The Labute approximate surface area is 90.5 Å². The Morgan fingerprint density at radius 2 is 1.79 bits per heavy atom. The lowest BCUT2D eigenvalue weighted by Gasteiger charge is -2.19. The van der Waals surface area contributed by atoms with Crippen molar-refractivity contribution in [3.63, 3.8) is 0 Å². The van der Waals surface area contributed by atoms with Gasteiger partial charge in [-0.2, -0.15) is 0 Å². The zero-order valence-electron chi connectivity index (χ0n) is 10.6. The molecule has 1 aliphatic rings. The first-order valence-corrected chi connectivity index (χ1v) is 6.66. The Kier molecular flexibility index (Phi) is 4.98. The van der Waals surface area contributed by atoms with Gasteiger partial charge in [-0.05, 0) is 30.1 Å². The van der Waals surface area contributed by atoms with Crippen LogP contribution in [-0.2, 0) is 0 Å². The van der Waals surface area contributed by atoms with Gasteiger partial charge in [-0.3, -0.25) is 0 Å². The molecule has 0 saturated heterocycles. The molecule has 0 heterocycles. The first-order valence-electron chi connectivity index (χ1n) is 6.66. The number of hydrogen-bond donors (Lipinski definition) is 0. The molecule has 84 valence electrons. The quantitative estimate of drug-likeness (QED) is 0.509. The highest BCUT2D eigenvalue weighted by molar-refractivity contribution is 4.88. The highest BCUT2D eigenvalue weighted by Gasteiger charge is 2.38. The molecular weight excluding hydrogens is 168 g/mol. The van der Waals surface area contributed by atoms with Crippen LogP contribution in [0, 0.1) is 23.7 Å². The summed E-state index contributed by atoms with van der Waals surface area (Å²) in [6.07, 6.45) is 8.67. The second-order valence-corrected chi connectivity index (χ2v) is 5.56. The molecule has 0 aromatic carbocycles. The molecule has 0 nitrogen and oxygen atoms in total. The summed E-state index contributed by atoms with van der Waals surface area (Å²) in [4.78, 5) is 0. The maximum absolute atomic E-state index is 2.47. The molecule has 4 atom stereocenters. The minimum atomic E-state index is 0.960. The van der Waals surface area contributed by atoms with E-state index < -0.39 is 0 Å². The zero-order valence-corrected chi connectivity index (χ0v) is 10.6. The molecule has 0 amide bonds. The van der Waals surface area contributed by atoms with E-state index in [-0.39, 0.29) is 0 Å². The van der Waals surface area contributed by atoms with E-state index in [1.54, 1.807) is 0 Å². The van der Waals surface area contributed by atoms with Gasteiger partial charge in [0.2, 0.25) is 0 Å². The Morgan fingerprint density at radius 1 is 1.14 bits per heavy atom. The van der Waals surface area contributed by atoms with E-state index in [4.69, 9.17) is 0 Å². The average molecular weight is 196 g/mol. The number of rotatable bonds is 7. The van der Waals surface area contributed by atoms with Crippen molar-refractivity contribution in [2.24, 2.45) is 23.7 Å². The first-order chi connectivity index (χ1) is 6.66. The van der Waals surface area contributed by atoms with E-state index >= 15 is 0 Å². The summed E-state index contributed by atoms with van der Waals surface area (Å²) < 4.78 is 0. The van der Waals surface area contributed by atoms with Gasteiger partial charge >= 0.3 is 0 Å². The lowest BCUT2D eigenvalue weighted by molar-refractivity contribution is 0.307. The summed E-state index contributed by atoms with van der Waals surface area (Å²) in [6.45, 7) is 9.63. The van der Waals surface area contributed by atoms with E-state index in [2.05, 4.69) is 27.7 Å². The van der Waals surface area contributed by atoms with Gasteiger partial charge in [0.25, 0.3) is 0 Å². The van der Waals surface area contributed by atoms with Crippen LogP contribution in [-0.4, -0.2) is 0 Å². The lowest BCUT2D eigenvalue weighted by Crippen LogP contribution is -2.10. The minimum Gasteiger partial charge on any atom is -0.0654 e. The van der Waals surface area contributed by atoms with Gasteiger partial charge in [0.1, 0.15) is 0 Å². The lowest BCUT2D eigenvalue weighted by atomic mass is 9.86. The SMILES string of the molecule is CCCCCCC(C)C(C)C1CC1C. The molecule has 0 aromatic rings. The fourth-order valence-electron chi connectivity index (χ4n) is 2.66. The van der Waals surface area contributed by atoms with Gasteiger partial charge in [-0.15, -0.1) is 0 Å². The molecule has 0 spiro atoms. The highest BCUT2D eigenvalue weighted by atomic mass is 14.4. The molecule has 1 saturated carbocycles. The molecule has 0 radical (unpaired) electrons. The Bertz CT molecular complexity index is 150. The summed E-state index contributed by atoms with van der Waals surface area (Å²) in [5.41, 5.74) is 0. The summed E-state index contributed by atoms with van der Waals surface area (Å²) in [5, 5.41) is 0. The second-order valence-electron chi connectivity index (χ2n) is 5.56. The summed E-state index contributed by atoms with van der Waals surface area (Å²) in [6, 6.07) is 0. The van der Waals surface area contributed by atoms with Gasteiger partial charge in [-0.25, -0.2) is 0 Å². The normalized spacial score (nSPS) is 30.0. The van der Waals surface area contributed by atoms with Crippen LogP contribution in [0.5, 0.6) is 0 Å². The minimum absolute atomic E-state index is 0.960. The second kappa shape index (κ2) is 5.78. The fourth-order valence-corrected chi connectivity index (χ4v) is 2.66. The molecule has 1 rings (SSSR count). The highest BCUT2D eigenvalue weighted by Crippen LogP contribution is 2.47. The molecule has 1 fully saturated rings. The molecule has 0 heteroatoms. The summed E-state index contributed by atoms with van der Waals surface area (Å²) >= 11 is 0. The van der Waals surface area contributed by atoms with Crippen LogP contribution >= 0.6 is 0 Å². The molecule has 0 aliphatic heterocycles. The smallest absolute Gasteiger partial charge is 0.0357 e. The third-order valence-corrected chi connectivity index (χ3v) is 4.26. The molecule has 4 unspecified atom stereocenters. The van der Waals surface area contributed by atoms with Crippen molar-refractivity contribution in [2.45, 2.75) is 66.2 Å². The van der Waals surface area contributed by atoms with Gasteiger partial charge in [-0.1, -0.05) is 59.8 Å². The number of unbranched alkanes of at least 4 members (excludes halogenated alkanes) is 3. The van der Waals surface area contributed by atoms with E-state index in [0.29, 0.717) is 0 Å². The van der Waals surface area contributed by atoms with Gasteiger partial charge < -0.3 is 0 Å². The maximum atomic E-state index is 2.47. The number of hydrogen-bond acceptors (Lipinski definition) is 0.